The van der Waals surface area contributed by atoms with Gasteiger partial charge in [-0.3, -0.25) is 0 Å². The maximum Gasteiger partial charge on any atom is 0.119 e. The van der Waals surface area contributed by atoms with Crippen LogP contribution < -0.4 is 10.1 Å². The van der Waals surface area contributed by atoms with Crippen LogP contribution in [0.4, 0.5) is 0 Å². The largest absolute Gasteiger partial charge is 0.494 e. The number of rotatable bonds is 11. The number of nitrogens with one attached hydrogen (secondary N) is 1. The average Bonchev–Trinajstić information content (AvgIpc) is 2.88. The number of hydrogen-bond donors (Lipinski definition) is 1. The molecule has 2 rings (SSSR count). The van der Waals surface area contributed by atoms with Gasteiger partial charge in [-0.25, -0.2) is 0 Å². The fraction of sp³-hybridized carbons (Fsp3) is 0.739. The molecule has 0 heterocycles. The van der Waals surface area contributed by atoms with E-state index in [9.17, 15) is 0 Å². The number of nitrogens with zero attached hydrogens (tertiary/aromatic N) is 1. The van der Waals surface area contributed by atoms with E-state index in [0.717, 1.165) is 50.2 Å². The van der Waals surface area contributed by atoms with Crippen molar-refractivity contribution < 1.29 is 4.74 Å². The van der Waals surface area contributed by atoms with Crippen molar-refractivity contribution in [2.45, 2.75) is 64.8 Å². The lowest BCUT2D eigenvalue weighted by molar-refractivity contribution is 0.281. The summed E-state index contributed by atoms with van der Waals surface area (Å²) in [5, 5.41) is 3.63. The second-order valence-corrected chi connectivity index (χ2v) is 8.26. The minimum atomic E-state index is 0.788. The molecule has 1 aliphatic rings. The van der Waals surface area contributed by atoms with Crippen LogP contribution in [0.5, 0.6) is 5.75 Å². The summed E-state index contributed by atoms with van der Waals surface area (Å²) in [5.74, 6) is 2.92. The van der Waals surface area contributed by atoms with Crippen molar-refractivity contribution in [1.82, 2.24) is 10.2 Å². The van der Waals surface area contributed by atoms with Crippen molar-refractivity contribution in [3.63, 3.8) is 0 Å². The van der Waals surface area contributed by atoms with Crippen molar-refractivity contribution in [2.75, 3.05) is 33.8 Å². The summed E-state index contributed by atoms with van der Waals surface area (Å²) in [6, 6.07) is 8.57. The lowest BCUT2D eigenvalue weighted by Crippen LogP contribution is -2.18. The smallest absolute Gasteiger partial charge is 0.119 e. The van der Waals surface area contributed by atoms with Gasteiger partial charge >= 0.3 is 0 Å². The van der Waals surface area contributed by atoms with Crippen LogP contribution in [0.15, 0.2) is 24.3 Å². The van der Waals surface area contributed by atoms with E-state index in [1.54, 1.807) is 0 Å². The highest BCUT2D eigenvalue weighted by Gasteiger charge is 2.17. The SMILES string of the molecule is CC[C@@H]1CCCC(CCNCc2ccc(OCCCN(C)C)cc2)CC1. The standard InChI is InChI=1S/C23H40N2O/c1-4-20-7-5-8-21(10-9-20)15-16-24-19-22-11-13-23(14-12-22)26-18-6-17-25(2)3/h11-14,20-21,24H,4-10,15-19H2,1-3H3/t20-,21?/m1/s1. The number of ether oxygens (including phenoxy) is 1. The third-order valence-corrected chi connectivity index (χ3v) is 5.79. The fourth-order valence-corrected chi connectivity index (χ4v) is 3.97. The normalized spacial score (nSPS) is 20.9. The molecule has 0 bridgehead atoms. The first-order chi connectivity index (χ1) is 12.7. The molecule has 1 aromatic carbocycles. The van der Waals surface area contributed by atoms with Crippen LogP contribution in [0.25, 0.3) is 0 Å². The molecule has 1 fully saturated rings. The number of hydrogen-bond acceptors (Lipinski definition) is 3. The van der Waals surface area contributed by atoms with Gasteiger partial charge in [-0.05, 0) is 63.0 Å². The Labute approximate surface area is 161 Å². The molecule has 0 saturated heterocycles. The predicted molar refractivity (Wildman–Crippen MR) is 112 cm³/mol. The maximum absolute atomic E-state index is 5.80. The van der Waals surface area contributed by atoms with E-state index < -0.39 is 0 Å². The van der Waals surface area contributed by atoms with Crippen LogP contribution in [0, 0.1) is 11.8 Å². The fourth-order valence-electron chi connectivity index (χ4n) is 3.97. The zero-order valence-electron chi connectivity index (χ0n) is 17.3. The van der Waals surface area contributed by atoms with Gasteiger partial charge in [0.2, 0.25) is 0 Å². The van der Waals surface area contributed by atoms with Gasteiger partial charge in [0.25, 0.3) is 0 Å². The van der Waals surface area contributed by atoms with Crippen molar-refractivity contribution in [3.05, 3.63) is 29.8 Å². The summed E-state index contributed by atoms with van der Waals surface area (Å²) in [4.78, 5) is 2.19. The summed E-state index contributed by atoms with van der Waals surface area (Å²) in [6.07, 6.45) is 11.0. The van der Waals surface area contributed by atoms with E-state index in [-0.39, 0.29) is 0 Å². The van der Waals surface area contributed by atoms with Gasteiger partial charge in [0.1, 0.15) is 5.75 Å². The molecule has 2 atom stereocenters. The summed E-state index contributed by atoms with van der Waals surface area (Å²) in [7, 11) is 4.19. The Morgan fingerprint density at radius 3 is 2.50 bits per heavy atom. The van der Waals surface area contributed by atoms with Gasteiger partial charge in [-0.15, -0.1) is 0 Å². The van der Waals surface area contributed by atoms with Crippen LogP contribution in [-0.2, 0) is 6.54 Å². The van der Waals surface area contributed by atoms with E-state index in [1.165, 1.54) is 50.5 Å². The molecule has 1 N–H and O–H groups in total. The Morgan fingerprint density at radius 1 is 1.04 bits per heavy atom. The molecule has 1 saturated carbocycles. The lowest BCUT2D eigenvalue weighted by Gasteiger charge is -2.15. The monoisotopic (exact) mass is 360 g/mol. The second kappa shape index (κ2) is 12.3. The van der Waals surface area contributed by atoms with Gasteiger partial charge < -0.3 is 15.0 Å². The molecule has 3 heteroatoms. The molecule has 1 unspecified atom stereocenters. The maximum atomic E-state index is 5.80. The number of benzene rings is 1. The Balaban J connectivity index is 1.58. The summed E-state index contributed by atoms with van der Waals surface area (Å²) >= 11 is 0. The van der Waals surface area contributed by atoms with E-state index in [1.807, 2.05) is 0 Å². The molecular formula is C23H40N2O. The van der Waals surface area contributed by atoms with Gasteiger partial charge in [0.15, 0.2) is 0 Å². The van der Waals surface area contributed by atoms with Crippen LogP contribution in [0.1, 0.15) is 63.9 Å². The predicted octanol–water partition coefficient (Wildman–Crippen LogP) is 5.10. The highest BCUT2D eigenvalue weighted by molar-refractivity contribution is 5.27. The minimum absolute atomic E-state index is 0.788. The van der Waals surface area contributed by atoms with E-state index >= 15 is 0 Å². The summed E-state index contributed by atoms with van der Waals surface area (Å²) in [6.45, 7) is 6.32. The summed E-state index contributed by atoms with van der Waals surface area (Å²) < 4.78 is 5.80. The molecule has 0 radical (unpaired) electrons. The van der Waals surface area contributed by atoms with Crippen molar-refractivity contribution in [1.29, 1.82) is 0 Å². The van der Waals surface area contributed by atoms with Gasteiger partial charge in [-0.1, -0.05) is 57.6 Å². The summed E-state index contributed by atoms with van der Waals surface area (Å²) in [5.41, 5.74) is 1.34. The zero-order valence-corrected chi connectivity index (χ0v) is 17.3. The van der Waals surface area contributed by atoms with Crippen LogP contribution in [-0.4, -0.2) is 38.7 Å². The second-order valence-electron chi connectivity index (χ2n) is 8.26. The topological polar surface area (TPSA) is 24.5 Å². The molecule has 0 aliphatic heterocycles. The molecular weight excluding hydrogens is 320 g/mol. The van der Waals surface area contributed by atoms with Crippen molar-refractivity contribution >= 4 is 0 Å². The molecule has 148 valence electrons. The van der Waals surface area contributed by atoms with Gasteiger partial charge in [-0.2, -0.15) is 0 Å². The minimum Gasteiger partial charge on any atom is -0.494 e. The Hall–Kier alpha value is -1.06. The lowest BCUT2D eigenvalue weighted by atomic mass is 9.94. The quantitative estimate of drug-likeness (QED) is 0.439. The van der Waals surface area contributed by atoms with Gasteiger partial charge in [0.05, 0.1) is 6.61 Å². The zero-order chi connectivity index (χ0) is 18.6. The van der Waals surface area contributed by atoms with Crippen molar-refractivity contribution in [2.24, 2.45) is 11.8 Å². The molecule has 3 nitrogen and oxygen atoms in total. The van der Waals surface area contributed by atoms with Gasteiger partial charge in [0, 0.05) is 13.1 Å². The molecule has 0 spiro atoms. The van der Waals surface area contributed by atoms with Crippen LogP contribution in [0.3, 0.4) is 0 Å². The molecule has 0 amide bonds. The molecule has 26 heavy (non-hydrogen) atoms. The van der Waals surface area contributed by atoms with E-state index in [2.05, 4.69) is 55.5 Å². The van der Waals surface area contributed by atoms with Crippen molar-refractivity contribution in [3.8, 4) is 5.75 Å². The first-order valence-corrected chi connectivity index (χ1v) is 10.7. The van der Waals surface area contributed by atoms with Crippen LogP contribution >= 0.6 is 0 Å². The molecule has 1 aliphatic carbocycles. The Kier molecular flexibility index (Phi) is 10.1. The third-order valence-electron chi connectivity index (χ3n) is 5.79. The van der Waals surface area contributed by atoms with E-state index in [0.29, 0.717) is 0 Å². The molecule has 0 aromatic heterocycles. The first-order valence-electron chi connectivity index (χ1n) is 10.7. The highest BCUT2D eigenvalue weighted by atomic mass is 16.5. The Morgan fingerprint density at radius 2 is 1.77 bits per heavy atom. The Bertz CT molecular complexity index is 472. The average molecular weight is 361 g/mol. The van der Waals surface area contributed by atoms with E-state index in [4.69, 9.17) is 4.74 Å². The van der Waals surface area contributed by atoms with Crippen LogP contribution in [0.2, 0.25) is 0 Å². The first kappa shape index (κ1) is 21.2. The highest BCUT2D eigenvalue weighted by Crippen LogP contribution is 2.30. The third kappa shape index (κ3) is 8.55. The molecule has 1 aromatic rings.